The lowest BCUT2D eigenvalue weighted by Gasteiger charge is -2.30. The van der Waals surface area contributed by atoms with E-state index >= 15 is 0 Å². The van der Waals surface area contributed by atoms with Crippen molar-refractivity contribution in [1.29, 1.82) is 0 Å². The summed E-state index contributed by atoms with van der Waals surface area (Å²) in [6, 6.07) is 0. The van der Waals surface area contributed by atoms with Crippen molar-refractivity contribution in [1.82, 2.24) is 11.1 Å². The van der Waals surface area contributed by atoms with Crippen molar-refractivity contribution in [3.63, 3.8) is 0 Å². The van der Waals surface area contributed by atoms with E-state index in [0.29, 0.717) is 6.42 Å². The Morgan fingerprint density at radius 3 is 1.32 bits per heavy atom. The van der Waals surface area contributed by atoms with E-state index in [4.69, 9.17) is 19.9 Å². The van der Waals surface area contributed by atoms with Crippen LogP contribution in [0.5, 0.6) is 0 Å². The Kier molecular flexibility index (Phi) is 23.1. The molecule has 0 aliphatic rings. The number of rotatable bonds is 15. The zero-order valence-electron chi connectivity index (χ0n) is 18.1. The molecule has 0 amide bonds. The second-order valence-electron chi connectivity index (χ2n) is 6.77. The third-order valence-electron chi connectivity index (χ3n) is 4.02. The van der Waals surface area contributed by atoms with Gasteiger partial charge in [0.05, 0.1) is 6.61 Å². The van der Waals surface area contributed by atoms with Crippen molar-refractivity contribution in [3.05, 3.63) is 0 Å². The summed E-state index contributed by atoms with van der Waals surface area (Å²) in [7, 11) is -4.23. The average Bonchev–Trinajstić information content (AvgIpc) is 2.51. The largest absolute Gasteiger partial charge is 0.397 e. The van der Waals surface area contributed by atoms with Crippen molar-refractivity contribution in [3.8, 4) is 0 Å². The number of hydrogen-bond donors (Lipinski definition) is 5. The van der Waals surface area contributed by atoms with Crippen LogP contribution in [-0.2, 0) is 14.6 Å². The van der Waals surface area contributed by atoms with Gasteiger partial charge in [-0.2, -0.15) is 8.42 Å². The molecule has 0 fully saturated rings. The fourth-order valence-electron chi connectivity index (χ4n) is 2.69. The molecule has 174 valence electrons. The lowest BCUT2D eigenvalue weighted by molar-refractivity contribution is -0.159. The SMILES string of the molecule is CC(O)N(C(C)O)C(C)O.CCCCCCCCCCCCOS(=O)(=O)O.N. The van der Waals surface area contributed by atoms with Gasteiger partial charge in [-0.1, -0.05) is 64.7 Å². The fourth-order valence-corrected chi connectivity index (χ4v) is 3.02. The highest BCUT2D eigenvalue weighted by molar-refractivity contribution is 7.80. The Hall–Kier alpha value is -0.330. The van der Waals surface area contributed by atoms with Gasteiger partial charge in [-0.05, 0) is 27.2 Å². The molecule has 0 aliphatic heterocycles. The van der Waals surface area contributed by atoms with Crippen molar-refractivity contribution < 1.29 is 32.5 Å². The van der Waals surface area contributed by atoms with E-state index in [2.05, 4.69) is 11.1 Å². The van der Waals surface area contributed by atoms with Gasteiger partial charge < -0.3 is 21.5 Å². The first-order valence-corrected chi connectivity index (χ1v) is 11.3. The summed E-state index contributed by atoms with van der Waals surface area (Å²) < 4.78 is 33.0. The Morgan fingerprint density at radius 1 is 0.750 bits per heavy atom. The van der Waals surface area contributed by atoms with Gasteiger partial charge >= 0.3 is 10.4 Å². The third kappa shape index (κ3) is 23.7. The van der Waals surface area contributed by atoms with E-state index in [1.807, 2.05) is 0 Å². The summed E-state index contributed by atoms with van der Waals surface area (Å²) in [6.07, 6.45) is 9.35. The molecule has 0 spiro atoms. The highest BCUT2D eigenvalue weighted by Gasteiger charge is 2.20. The second kappa shape index (κ2) is 20.0. The van der Waals surface area contributed by atoms with Crippen LogP contribution < -0.4 is 6.15 Å². The van der Waals surface area contributed by atoms with Crippen LogP contribution in [0.1, 0.15) is 91.9 Å². The maximum absolute atomic E-state index is 10.2. The van der Waals surface area contributed by atoms with Crippen molar-refractivity contribution >= 4 is 10.4 Å². The minimum Gasteiger partial charge on any atom is -0.379 e. The summed E-state index contributed by atoms with van der Waals surface area (Å²) in [5.74, 6) is 0. The molecule has 0 saturated carbocycles. The van der Waals surface area contributed by atoms with Gasteiger partial charge in [-0.25, -0.2) is 9.08 Å². The van der Waals surface area contributed by atoms with Crippen LogP contribution >= 0.6 is 0 Å². The molecule has 3 atom stereocenters. The Morgan fingerprint density at radius 2 is 1.07 bits per heavy atom. The second-order valence-corrected chi connectivity index (χ2v) is 7.87. The van der Waals surface area contributed by atoms with Crippen LogP contribution in [0.4, 0.5) is 0 Å². The average molecular weight is 433 g/mol. The quantitative estimate of drug-likeness (QED) is 0.148. The molecule has 0 aliphatic carbocycles. The van der Waals surface area contributed by atoms with Gasteiger partial charge in [-0.15, -0.1) is 0 Å². The smallest absolute Gasteiger partial charge is 0.379 e. The number of aliphatic hydroxyl groups is 3. The number of hydrogen-bond acceptors (Lipinski definition) is 8. The molecular weight excluding hydrogens is 388 g/mol. The topological polar surface area (TPSA) is 163 Å². The lowest BCUT2D eigenvalue weighted by atomic mass is 10.1. The van der Waals surface area contributed by atoms with Crippen LogP contribution in [0.3, 0.4) is 0 Å². The number of aliphatic hydroxyl groups excluding tert-OH is 3. The predicted octanol–water partition coefficient (Wildman–Crippen LogP) is 3.19. The van der Waals surface area contributed by atoms with E-state index in [-0.39, 0.29) is 12.8 Å². The maximum atomic E-state index is 10.2. The number of unbranched alkanes of at least 4 members (excludes halogenated alkanes) is 9. The summed E-state index contributed by atoms with van der Waals surface area (Å²) in [5.41, 5.74) is 0. The number of nitrogens with zero attached hydrogens (tertiary/aromatic N) is 1. The summed E-state index contributed by atoms with van der Waals surface area (Å²) in [5, 5.41) is 26.9. The molecule has 0 aromatic rings. The molecule has 0 rings (SSSR count). The predicted molar refractivity (Wildman–Crippen MR) is 111 cm³/mol. The van der Waals surface area contributed by atoms with Crippen molar-refractivity contribution in [2.45, 2.75) is 111 Å². The van der Waals surface area contributed by atoms with Crippen LogP contribution in [0.25, 0.3) is 0 Å². The zero-order valence-corrected chi connectivity index (χ0v) is 18.9. The van der Waals surface area contributed by atoms with Crippen LogP contribution in [0.2, 0.25) is 0 Å². The minimum absolute atomic E-state index is 0. The first-order valence-electron chi connectivity index (χ1n) is 9.96. The van der Waals surface area contributed by atoms with Gasteiger partial charge in [0.2, 0.25) is 0 Å². The molecule has 0 radical (unpaired) electrons. The molecule has 0 heterocycles. The van der Waals surface area contributed by atoms with Gasteiger partial charge in [0, 0.05) is 0 Å². The first kappa shape index (κ1) is 32.3. The maximum Gasteiger partial charge on any atom is 0.397 e. The van der Waals surface area contributed by atoms with Crippen LogP contribution in [0, 0.1) is 0 Å². The molecule has 0 aromatic carbocycles. The highest BCUT2D eigenvalue weighted by Crippen LogP contribution is 2.10. The molecule has 0 saturated heterocycles. The Labute approximate surface area is 171 Å². The van der Waals surface area contributed by atoms with Crippen molar-refractivity contribution in [2.75, 3.05) is 6.61 Å². The minimum atomic E-state index is -4.23. The molecule has 28 heavy (non-hydrogen) atoms. The lowest BCUT2D eigenvalue weighted by Crippen LogP contribution is -2.45. The van der Waals surface area contributed by atoms with E-state index in [1.54, 1.807) is 0 Å². The zero-order chi connectivity index (χ0) is 21.3. The summed E-state index contributed by atoms with van der Waals surface area (Å²) in [4.78, 5) is 1.17. The molecule has 7 N–H and O–H groups in total. The third-order valence-corrected chi connectivity index (χ3v) is 4.49. The van der Waals surface area contributed by atoms with Gasteiger partial charge in [0.1, 0.15) is 18.7 Å². The van der Waals surface area contributed by atoms with Crippen LogP contribution in [-0.4, -0.2) is 58.5 Å². The van der Waals surface area contributed by atoms with Gasteiger partial charge in [-0.3, -0.25) is 4.55 Å². The molecule has 0 bridgehead atoms. The van der Waals surface area contributed by atoms with E-state index < -0.39 is 29.1 Å². The monoisotopic (exact) mass is 432 g/mol. The summed E-state index contributed by atoms with van der Waals surface area (Å²) in [6.45, 7) is 6.77. The Bertz CT molecular complexity index is 399. The first-order chi connectivity index (χ1) is 12.5. The van der Waals surface area contributed by atoms with Crippen molar-refractivity contribution in [2.24, 2.45) is 0 Å². The fraction of sp³-hybridized carbons (Fsp3) is 1.00. The molecular formula is C18H44N2O7S. The summed E-state index contributed by atoms with van der Waals surface area (Å²) >= 11 is 0. The van der Waals surface area contributed by atoms with E-state index in [0.717, 1.165) is 12.8 Å². The van der Waals surface area contributed by atoms with Gasteiger partial charge in [0.25, 0.3) is 0 Å². The molecule has 3 unspecified atom stereocenters. The van der Waals surface area contributed by atoms with Gasteiger partial charge in [0.15, 0.2) is 0 Å². The molecule has 0 aromatic heterocycles. The van der Waals surface area contributed by atoms with E-state index in [9.17, 15) is 8.42 Å². The van der Waals surface area contributed by atoms with Crippen LogP contribution in [0.15, 0.2) is 0 Å². The normalized spacial score (nSPS) is 14.6. The van der Waals surface area contributed by atoms with E-state index in [1.165, 1.54) is 70.6 Å². The Balaban J connectivity index is -0.000000489. The molecule has 9 nitrogen and oxygen atoms in total. The highest BCUT2D eigenvalue weighted by atomic mass is 32.3. The standard InChI is InChI=1S/C12H26O4S.C6H15NO3.H3N/c1-2-3-4-5-6-7-8-9-10-11-12-16-17(13,14)15;1-4(8)7(5(2)9)6(3)10;/h2-12H2,1H3,(H,13,14,15);4-6,8-10H,1-3H3;1H3. The molecule has 10 heteroatoms.